The Morgan fingerprint density at radius 1 is 1.12 bits per heavy atom. The third-order valence-corrected chi connectivity index (χ3v) is 6.89. The molecule has 2 heterocycles. The Hall–Kier alpha value is -0.690. The van der Waals surface area contributed by atoms with Gasteiger partial charge in [0, 0.05) is 24.5 Å². The van der Waals surface area contributed by atoms with Crippen LogP contribution in [0.5, 0.6) is 0 Å². The van der Waals surface area contributed by atoms with E-state index in [1.165, 1.54) is 12.8 Å². The van der Waals surface area contributed by atoms with Crippen LogP contribution < -0.4 is 10.6 Å². The van der Waals surface area contributed by atoms with E-state index < -0.39 is 0 Å². The molecule has 6 nitrogen and oxygen atoms in total. The summed E-state index contributed by atoms with van der Waals surface area (Å²) in [6.07, 6.45) is 9.11. The Balaban J connectivity index is 1.27. The van der Waals surface area contributed by atoms with Crippen molar-refractivity contribution < 1.29 is 19.0 Å². The van der Waals surface area contributed by atoms with Gasteiger partial charge in [-0.1, -0.05) is 0 Å². The molecular weight excluding hydrogens is 332 g/mol. The van der Waals surface area contributed by atoms with Crippen LogP contribution in [0, 0.1) is 17.8 Å². The molecule has 26 heavy (non-hydrogen) atoms. The molecule has 2 aliphatic heterocycles. The van der Waals surface area contributed by atoms with Crippen molar-refractivity contribution in [1.29, 1.82) is 0 Å². The molecule has 7 unspecified atom stereocenters. The number of hydrogen-bond donors (Lipinski definition) is 2. The Kier molecular flexibility index (Phi) is 6.14. The van der Waals surface area contributed by atoms with Gasteiger partial charge in [0.1, 0.15) is 13.0 Å². The van der Waals surface area contributed by atoms with Crippen LogP contribution in [0.4, 0.5) is 0 Å². The first-order valence-electron chi connectivity index (χ1n) is 10.6. The normalized spacial score (nSPS) is 43.2. The Morgan fingerprint density at radius 3 is 2.88 bits per heavy atom. The molecule has 2 saturated carbocycles. The van der Waals surface area contributed by atoms with Gasteiger partial charge in [-0.3, -0.25) is 10.1 Å². The lowest BCUT2D eigenvalue weighted by Gasteiger charge is -2.36. The quantitative estimate of drug-likeness (QED) is 0.780. The number of rotatable bonds is 5. The van der Waals surface area contributed by atoms with Gasteiger partial charge in [0.2, 0.25) is 5.91 Å². The van der Waals surface area contributed by atoms with Crippen molar-refractivity contribution >= 4 is 5.91 Å². The monoisotopic (exact) mass is 366 g/mol. The molecule has 0 aromatic carbocycles. The number of carbonyl (C=O) groups excluding carboxylic acids is 1. The summed E-state index contributed by atoms with van der Waals surface area (Å²) in [6.45, 7) is 4.27. The van der Waals surface area contributed by atoms with Crippen molar-refractivity contribution in [3.05, 3.63) is 0 Å². The number of piperidine rings is 1. The molecule has 0 aromatic rings. The summed E-state index contributed by atoms with van der Waals surface area (Å²) in [5.74, 6) is 1.59. The minimum absolute atomic E-state index is 0.169. The van der Waals surface area contributed by atoms with Gasteiger partial charge in [-0.15, -0.1) is 0 Å². The van der Waals surface area contributed by atoms with Crippen LogP contribution in [0.2, 0.25) is 0 Å². The molecule has 0 aromatic heterocycles. The zero-order chi connectivity index (χ0) is 17.9. The van der Waals surface area contributed by atoms with Crippen LogP contribution in [-0.4, -0.2) is 50.3 Å². The van der Waals surface area contributed by atoms with E-state index in [1.807, 2.05) is 0 Å². The van der Waals surface area contributed by atoms with Crippen molar-refractivity contribution in [2.45, 2.75) is 82.8 Å². The molecule has 4 rings (SSSR count). The van der Waals surface area contributed by atoms with E-state index in [4.69, 9.17) is 14.2 Å². The van der Waals surface area contributed by atoms with E-state index in [9.17, 15) is 4.79 Å². The first-order valence-corrected chi connectivity index (χ1v) is 10.6. The van der Waals surface area contributed by atoms with Crippen molar-refractivity contribution in [2.24, 2.45) is 17.8 Å². The van der Waals surface area contributed by atoms with Gasteiger partial charge in [0.15, 0.2) is 0 Å². The summed E-state index contributed by atoms with van der Waals surface area (Å²) >= 11 is 0. The zero-order valence-electron chi connectivity index (χ0n) is 16.0. The molecule has 2 N–H and O–H groups in total. The second kappa shape index (κ2) is 8.55. The van der Waals surface area contributed by atoms with Crippen molar-refractivity contribution in [3.8, 4) is 0 Å². The predicted molar refractivity (Wildman–Crippen MR) is 97.4 cm³/mol. The van der Waals surface area contributed by atoms with E-state index in [2.05, 4.69) is 17.6 Å². The number of ether oxygens (including phenoxy) is 3. The first-order chi connectivity index (χ1) is 12.7. The summed E-state index contributed by atoms with van der Waals surface area (Å²) in [6, 6.07) is 0.247. The lowest BCUT2D eigenvalue weighted by Crippen LogP contribution is -2.46. The minimum atomic E-state index is 0.169. The van der Waals surface area contributed by atoms with Gasteiger partial charge in [0.25, 0.3) is 0 Å². The lowest BCUT2D eigenvalue weighted by molar-refractivity contribution is -0.126. The predicted octanol–water partition coefficient (Wildman–Crippen LogP) is 2.18. The highest BCUT2D eigenvalue weighted by molar-refractivity contribution is 5.79. The highest BCUT2D eigenvalue weighted by Gasteiger charge is 2.41. The van der Waals surface area contributed by atoms with Crippen LogP contribution in [-0.2, 0) is 19.0 Å². The maximum atomic E-state index is 12.8. The Morgan fingerprint density at radius 2 is 2.00 bits per heavy atom. The summed E-state index contributed by atoms with van der Waals surface area (Å²) in [4.78, 5) is 12.8. The molecule has 0 spiro atoms. The van der Waals surface area contributed by atoms with E-state index >= 15 is 0 Å². The molecule has 0 bridgehead atoms. The van der Waals surface area contributed by atoms with Crippen LogP contribution in [0.3, 0.4) is 0 Å². The van der Waals surface area contributed by atoms with Crippen LogP contribution >= 0.6 is 0 Å². The molecular formula is C20H34N2O4. The highest BCUT2D eigenvalue weighted by atomic mass is 16.7. The first kappa shape index (κ1) is 18.7. The number of amides is 1. The fourth-order valence-electron chi connectivity index (χ4n) is 5.50. The van der Waals surface area contributed by atoms with Crippen molar-refractivity contribution in [1.82, 2.24) is 10.6 Å². The van der Waals surface area contributed by atoms with Gasteiger partial charge < -0.3 is 19.5 Å². The van der Waals surface area contributed by atoms with Crippen molar-refractivity contribution in [3.63, 3.8) is 0 Å². The molecule has 148 valence electrons. The Labute approximate surface area is 156 Å². The standard InChI is InChI=1S/C20H34N2O4/c1-2-24-20-16(4-3-9-21-20)13-5-6-14(10-13)19(23)22-15-7-8-17-18(11-15)26-12-25-17/h13-18,20-21H,2-12H2,1H3,(H,22,23). The highest BCUT2D eigenvalue weighted by Crippen LogP contribution is 2.40. The Bertz CT molecular complexity index is 486. The summed E-state index contributed by atoms with van der Waals surface area (Å²) in [5, 5.41) is 6.84. The number of nitrogens with one attached hydrogen (secondary N) is 2. The molecule has 2 aliphatic carbocycles. The second-order valence-corrected chi connectivity index (χ2v) is 8.45. The zero-order valence-corrected chi connectivity index (χ0v) is 16.0. The van der Waals surface area contributed by atoms with Crippen LogP contribution in [0.25, 0.3) is 0 Å². The molecule has 6 heteroatoms. The number of hydrogen-bond acceptors (Lipinski definition) is 5. The average molecular weight is 367 g/mol. The maximum Gasteiger partial charge on any atom is 0.223 e. The third-order valence-electron chi connectivity index (χ3n) is 6.89. The smallest absolute Gasteiger partial charge is 0.223 e. The van der Waals surface area contributed by atoms with Gasteiger partial charge >= 0.3 is 0 Å². The van der Waals surface area contributed by atoms with Gasteiger partial charge in [-0.2, -0.15) is 0 Å². The number of carbonyl (C=O) groups is 1. The third kappa shape index (κ3) is 4.08. The van der Waals surface area contributed by atoms with E-state index in [1.54, 1.807) is 0 Å². The molecule has 1 amide bonds. The second-order valence-electron chi connectivity index (χ2n) is 8.45. The summed E-state index contributed by atoms with van der Waals surface area (Å²) in [5.41, 5.74) is 0. The van der Waals surface area contributed by atoms with E-state index in [-0.39, 0.29) is 36.3 Å². The van der Waals surface area contributed by atoms with Gasteiger partial charge in [-0.05, 0) is 70.8 Å². The van der Waals surface area contributed by atoms with Crippen molar-refractivity contribution in [2.75, 3.05) is 19.9 Å². The van der Waals surface area contributed by atoms with E-state index in [0.717, 1.165) is 51.7 Å². The number of fused-ring (bicyclic) bond motifs is 1. The van der Waals surface area contributed by atoms with E-state index in [0.29, 0.717) is 18.6 Å². The van der Waals surface area contributed by atoms with Crippen LogP contribution in [0.15, 0.2) is 0 Å². The molecule has 4 fully saturated rings. The molecule has 0 radical (unpaired) electrons. The van der Waals surface area contributed by atoms with Crippen LogP contribution in [0.1, 0.15) is 58.3 Å². The molecule has 2 saturated heterocycles. The maximum absolute atomic E-state index is 12.8. The largest absolute Gasteiger partial charge is 0.363 e. The topological polar surface area (TPSA) is 68.8 Å². The summed E-state index contributed by atoms with van der Waals surface area (Å²) < 4.78 is 17.1. The SMILES string of the molecule is CCOC1NCCCC1C1CCC(C(=O)NC2CCC3OCOC3C2)C1. The average Bonchev–Trinajstić information content (AvgIpc) is 3.31. The summed E-state index contributed by atoms with van der Waals surface area (Å²) in [7, 11) is 0. The lowest BCUT2D eigenvalue weighted by atomic mass is 9.83. The molecule has 7 atom stereocenters. The van der Waals surface area contributed by atoms with Gasteiger partial charge in [0.05, 0.1) is 12.2 Å². The minimum Gasteiger partial charge on any atom is -0.363 e. The van der Waals surface area contributed by atoms with Gasteiger partial charge in [-0.25, -0.2) is 0 Å². The fraction of sp³-hybridized carbons (Fsp3) is 0.950. The molecule has 4 aliphatic rings. The fourth-order valence-corrected chi connectivity index (χ4v) is 5.50.